The highest BCUT2D eigenvalue weighted by molar-refractivity contribution is 7.22. The number of ketones is 1. The van der Waals surface area contributed by atoms with Crippen molar-refractivity contribution in [2.45, 2.75) is 20.8 Å². The molecule has 1 heterocycles. The Labute approximate surface area is 228 Å². The molecule has 3 aromatic carbocycles. The number of hydrogen-bond acceptors (Lipinski definition) is 6. The van der Waals surface area contributed by atoms with Crippen LogP contribution < -0.4 is 9.64 Å². The number of ether oxygens (including phenoxy) is 1. The van der Waals surface area contributed by atoms with E-state index in [9.17, 15) is 9.59 Å². The summed E-state index contributed by atoms with van der Waals surface area (Å²) in [5, 5.41) is 0.638. The molecule has 0 unspecified atom stereocenters. The average Bonchev–Trinajstić information content (AvgIpc) is 3.37. The van der Waals surface area contributed by atoms with Gasteiger partial charge in [-0.3, -0.25) is 14.5 Å². The van der Waals surface area contributed by atoms with Crippen LogP contribution in [0, 0.1) is 6.92 Å². The smallest absolute Gasteiger partial charge is 0.260 e. The number of methoxy groups -OCH3 is 1. The number of aryl methyl sites for hydroxylation is 1. The molecular weight excluding hydrogens is 506 g/mol. The molecule has 0 spiro atoms. The van der Waals surface area contributed by atoms with Crippen LogP contribution in [0.2, 0.25) is 0 Å². The molecule has 0 radical (unpaired) electrons. The molecule has 194 valence electrons. The van der Waals surface area contributed by atoms with Crippen molar-refractivity contribution in [1.29, 1.82) is 0 Å². The minimum Gasteiger partial charge on any atom is -0.494 e. The zero-order valence-electron chi connectivity index (χ0n) is 21.6. The molecule has 0 aliphatic rings. The quantitative estimate of drug-likeness (QED) is 0.224. The lowest BCUT2D eigenvalue weighted by Gasteiger charge is -2.24. The molecule has 0 atom stereocenters. The molecule has 0 fully saturated rings. The summed E-state index contributed by atoms with van der Waals surface area (Å²) in [5.74, 6) is 0.483. The maximum Gasteiger partial charge on any atom is 0.260 e. The van der Waals surface area contributed by atoms with Gasteiger partial charge < -0.3 is 9.64 Å². The summed E-state index contributed by atoms with van der Waals surface area (Å²) in [5.41, 5.74) is 3.54. The molecule has 0 saturated carbocycles. The van der Waals surface area contributed by atoms with Gasteiger partial charge in [-0.1, -0.05) is 73.7 Å². The van der Waals surface area contributed by atoms with E-state index in [1.807, 2.05) is 37.3 Å². The number of carbonyl (C=O) groups is 2. The lowest BCUT2D eigenvalue weighted by Crippen LogP contribution is -2.38. The zero-order valence-corrected chi connectivity index (χ0v) is 23.2. The molecule has 8 heteroatoms. The number of halogens is 1. The van der Waals surface area contributed by atoms with Gasteiger partial charge in [-0.05, 0) is 43.8 Å². The molecule has 0 aliphatic carbocycles. The van der Waals surface area contributed by atoms with Crippen molar-refractivity contribution >= 4 is 50.8 Å². The molecule has 1 aromatic heterocycles. The minimum absolute atomic E-state index is 0. The molecular formula is C29H32ClN3O3S. The van der Waals surface area contributed by atoms with E-state index in [2.05, 4.69) is 18.7 Å². The number of likely N-dealkylation sites (N-methyl/N-ethyl adjacent to an activating group) is 1. The first kappa shape index (κ1) is 28.3. The van der Waals surface area contributed by atoms with Crippen molar-refractivity contribution in [2.24, 2.45) is 0 Å². The number of hydrogen-bond donors (Lipinski definition) is 0. The first-order valence-corrected chi connectivity index (χ1v) is 13.0. The van der Waals surface area contributed by atoms with Crippen LogP contribution in [0.5, 0.6) is 5.75 Å². The Hall–Kier alpha value is -3.26. The number of nitrogens with zero attached hydrogens (tertiary/aromatic N) is 3. The van der Waals surface area contributed by atoms with Gasteiger partial charge >= 0.3 is 0 Å². The van der Waals surface area contributed by atoms with Crippen LogP contribution >= 0.6 is 23.7 Å². The van der Waals surface area contributed by atoms with Crippen molar-refractivity contribution in [3.63, 3.8) is 0 Å². The Morgan fingerprint density at radius 2 is 1.49 bits per heavy atom. The van der Waals surface area contributed by atoms with Crippen molar-refractivity contribution in [3.05, 3.63) is 89.0 Å². The number of fused-ring (bicyclic) bond motifs is 1. The normalized spacial score (nSPS) is 10.8. The van der Waals surface area contributed by atoms with Gasteiger partial charge in [-0.25, -0.2) is 4.98 Å². The van der Waals surface area contributed by atoms with Gasteiger partial charge in [0.2, 0.25) is 0 Å². The van der Waals surface area contributed by atoms with Gasteiger partial charge in [-0.15, -0.1) is 12.4 Å². The molecule has 0 bridgehead atoms. The van der Waals surface area contributed by atoms with E-state index < -0.39 is 0 Å². The molecule has 4 aromatic rings. The predicted molar refractivity (Wildman–Crippen MR) is 154 cm³/mol. The number of anilines is 1. The van der Waals surface area contributed by atoms with E-state index in [-0.39, 0.29) is 24.1 Å². The fourth-order valence-corrected chi connectivity index (χ4v) is 5.20. The fraction of sp³-hybridized carbons (Fsp3) is 0.276. The van der Waals surface area contributed by atoms with E-state index in [1.54, 1.807) is 48.4 Å². The fourth-order valence-electron chi connectivity index (χ4n) is 4.12. The van der Waals surface area contributed by atoms with Crippen molar-refractivity contribution in [1.82, 2.24) is 9.88 Å². The Morgan fingerprint density at radius 1 is 0.865 bits per heavy atom. The topological polar surface area (TPSA) is 62.7 Å². The standard InChI is InChI=1S/C29H31N3O3S.ClH/c1-5-31(6-2)18-19-32(29-30-25-24(35-4)17-12-20(3)27(25)36-29)28(34)23-15-13-22(14-16-23)26(33)21-10-8-7-9-11-21;/h7-17H,5-6,18-19H2,1-4H3;1H. The Bertz CT molecular complexity index is 1350. The Kier molecular flexibility index (Phi) is 9.80. The summed E-state index contributed by atoms with van der Waals surface area (Å²) in [7, 11) is 1.63. The maximum atomic E-state index is 13.8. The number of aromatic nitrogens is 1. The summed E-state index contributed by atoms with van der Waals surface area (Å²) in [6.45, 7) is 9.31. The molecule has 0 aliphatic heterocycles. The Balaban J connectivity index is 0.00000380. The Morgan fingerprint density at radius 3 is 2.11 bits per heavy atom. The number of benzene rings is 3. The van der Waals surface area contributed by atoms with Gasteiger partial charge in [0.15, 0.2) is 10.9 Å². The number of carbonyl (C=O) groups excluding carboxylic acids is 2. The SMILES string of the molecule is CCN(CC)CCN(C(=O)c1ccc(C(=O)c2ccccc2)cc1)c1nc2c(OC)ccc(C)c2s1.Cl. The van der Waals surface area contributed by atoms with Crippen LogP contribution in [0.15, 0.2) is 66.7 Å². The largest absolute Gasteiger partial charge is 0.494 e. The van der Waals surface area contributed by atoms with Gasteiger partial charge in [-0.2, -0.15) is 0 Å². The predicted octanol–water partition coefficient (Wildman–Crippen LogP) is 6.25. The molecule has 6 nitrogen and oxygen atoms in total. The first-order chi connectivity index (χ1) is 17.5. The van der Waals surface area contributed by atoms with E-state index in [0.717, 1.165) is 35.4 Å². The van der Waals surface area contributed by atoms with Crippen molar-refractivity contribution < 1.29 is 14.3 Å². The minimum atomic E-state index is -0.142. The van der Waals surface area contributed by atoms with Crippen LogP contribution in [0.1, 0.15) is 45.7 Å². The summed E-state index contributed by atoms with van der Waals surface area (Å²) in [4.78, 5) is 35.4. The van der Waals surface area contributed by atoms with E-state index in [4.69, 9.17) is 9.72 Å². The van der Waals surface area contributed by atoms with Crippen LogP contribution in [0.25, 0.3) is 10.2 Å². The second-order valence-corrected chi connectivity index (χ2v) is 9.49. The second kappa shape index (κ2) is 12.8. The third-order valence-electron chi connectivity index (χ3n) is 6.35. The van der Waals surface area contributed by atoms with Crippen LogP contribution in [-0.2, 0) is 0 Å². The summed E-state index contributed by atoms with van der Waals surface area (Å²) in [6, 6.07) is 19.9. The summed E-state index contributed by atoms with van der Waals surface area (Å²) in [6.07, 6.45) is 0. The van der Waals surface area contributed by atoms with Gasteiger partial charge in [0, 0.05) is 29.8 Å². The lowest BCUT2D eigenvalue weighted by atomic mass is 10.0. The van der Waals surface area contributed by atoms with Gasteiger partial charge in [0.05, 0.1) is 11.8 Å². The second-order valence-electron chi connectivity index (χ2n) is 8.52. The van der Waals surface area contributed by atoms with E-state index in [1.165, 1.54) is 11.3 Å². The number of thiazole rings is 1. The summed E-state index contributed by atoms with van der Waals surface area (Å²) < 4.78 is 6.53. The maximum absolute atomic E-state index is 13.8. The molecule has 37 heavy (non-hydrogen) atoms. The molecule has 0 saturated heterocycles. The van der Waals surface area contributed by atoms with Crippen LogP contribution in [0.3, 0.4) is 0 Å². The average molecular weight is 538 g/mol. The van der Waals surface area contributed by atoms with Crippen molar-refractivity contribution in [3.8, 4) is 5.75 Å². The lowest BCUT2D eigenvalue weighted by molar-refractivity contribution is 0.0981. The third-order valence-corrected chi connectivity index (χ3v) is 7.57. The van der Waals surface area contributed by atoms with Crippen molar-refractivity contribution in [2.75, 3.05) is 38.2 Å². The number of rotatable bonds is 10. The molecule has 0 N–H and O–H groups in total. The monoisotopic (exact) mass is 537 g/mol. The zero-order chi connectivity index (χ0) is 25.7. The highest BCUT2D eigenvalue weighted by Crippen LogP contribution is 2.36. The van der Waals surface area contributed by atoms with E-state index >= 15 is 0 Å². The van der Waals surface area contributed by atoms with Crippen LogP contribution in [-0.4, -0.2) is 54.9 Å². The number of amides is 1. The third kappa shape index (κ3) is 6.18. The highest BCUT2D eigenvalue weighted by Gasteiger charge is 2.24. The highest BCUT2D eigenvalue weighted by atomic mass is 35.5. The van der Waals surface area contributed by atoms with E-state index in [0.29, 0.717) is 34.1 Å². The summed E-state index contributed by atoms with van der Waals surface area (Å²) >= 11 is 1.50. The molecule has 1 amide bonds. The van der Waals surface area contributed by atoms with Gasteiger partial charge in [0.25, 0.3) is 5.91 Å². The molecule has 4 rings (SSSR count). The first-order valence-electron chi connectivity index (χ1n) is 12.1. The van der Waals surface area contributed by atoms with Crippen LogP contribution in [0.4, 0.5) is 5.13 Å². The van der Waals surface area contributed by atoms with Gasteiger partial charge in [0.1, 0.15) is 11.3 Å².